The number of anilines is 1. The molecule has 4 rings (SSSR count). The topological polar surface area (TPSA) is 64.9 Å². The van der Waals surface area contributed by atoms with Gasteiger partial charge in [0.25, 0.3) is 0 Å². The molecule has 2 heterocycles. The minimum atomic E-state index is 0.569. The molecule has 2 aromatic carbocycles. The molecule has 0 radical (unpaired) electrons. The predicted molar refractivity (Wildman–Crippen MR) is 102 cm³/mol. The Hall–Kier alpha value is -3.12. The number of nitrogens with one attached hydrogen (secondary N) is 1. The molecule has 130 valence electrons. The number of hydrogen-bond acceptors (Lipinski definition) is 5. The second-order valence-corrected chi connectivity index (χ2v) is 6.07. The van der Waals surface area contributed by atoms with Gasteiger partial charge in [0, 0.05) is 11.6 Å². The molecule has 0 saturated carbocycles. The van der Waals surface area contributed by atoms with Crippen LogP contribution in [-0.2, 0) is 6.54 Å². The highest BCUT2D eigenvalue weighted by Gasteiger charge is 2.11. The lowest BCUT2D eigenvalue weighted by molar-refractivity contribution is 0.414. The first-order valence-electron chi connectivity index (χ1n) is 8.06. The van der Waals surface area contributed by atoms with Crippen LogP contribution < -0.4 is 10.1 Å². The molecule has 0 bridgehead atoms. The number of nitrogens with zero attached hydrogens (tertiary/aromatic N) is 4. The van der Waals surface area contributed by atoms with Crippen LogP contribution in [0.15, 0.2) is 61.1 Å². The van der Waals surface area contributed by atoms with Gasteiger partial charge in [-0.1, -0.05) is 29.8 Å². The SMILES string of the molecule is COc1ccc(-n2ncc3c(NCc4ccccc4Cl)ncnc32)cc1. The molecule has 0 unspecified atom stereocenters. The quantitative estimate of drug-likeness (QED) is 0.577. The summed E-state index contributed by atoms with van der Waals surface area (Å²) in [4.78, 5) is 8.73. The van der Waals surface area contributed by atoms with Crippen LogP contribution in [0.4, 0.5) is 5.82 Å². The van der Waals surface area contributed by atoms with Gasteiger partial charge in [0.1, 0.15) is 17.9 Å². The number of methoxy groups -OCH3 is 1. The molecule has 26 heavy (non-hydrogen) atoms. The van der Waals surface area contributed by atoms with Gasteiger partial charge < -0.3 is 10.1 Å². The van der Waals surface area contributed by atoms with E-state index >= 15 is 0 Å². The van der Waals surface area contributed by atoms with Gasteiger partial charge in [-0.25, -0.2) is 14.6 Å². The summed E-state index contributed by atoms with van der Waals surface area (Å²) < 4.78 is 6.98. The van der Waals surface area contributed by atoms with Crippen molar-refractivity contribution in [3.63, 3.8) is 0 Å². The van der Waals surface area contributed by atoms with E-state index in [0.717, 1.165) is 38.9 Å². The van der Waals surface area contributed by atoms with Gasteiger partial charge in [-0.05, 0) is 35.9 Å². The van der Waals surface area contributed by atoms with Gasteiger partial charge >= 0.3 is 0 Å². The van der Waals surface area contributed by atoms with Crippen LogP contribution in [0, 0.1) is 0 Å². The van der Waals surface area contributed by atoms with Crippen molar-refractivity contribution in [3.8, 4) is 11.4 Å². The van der Waals surface area contributed by atoms with E-state index in [-0.39, 0.29) is 0 Å². The second-order valence-electron chi connectivity index (χ2n) is 5.66. The van der Waals surface area contributed by atoms with Crippen molar-refractivity contribution in [2.24, 2.45) is 0 Å². The number of rotatable bonds is 5. The molecule has 0 atom stereocenters. The maximum atomic E-state index is 6.22. The van der Waals surface area contributed by atoms with Crippen molar-refractivity contribution in [2.45, 2.75) is 6.54 Å². The van der Waals surface area contributed by atoms with Crippen molar-refractivity contribution in [1.82, 2.24) is 19.7 Å². The van der Waals surface area contributed by atoms with Gasteiger partial charge in [0.15, 0.2) is 5.65 Å². The third kappa shape index (κ3) is 3.07. The molecular formula is C19H16ClN5O. The van der Waals surface area contributed by atoms with Crippen molar-refractivity contribution in [2.75, 3.05) is 12.4 Å². The largest absolute Gasteiger partial charge is 0.497 e. The summed E-state index contributed by atoms with van der Waals surface area (Å²) in [7, 11) is 1.64. The van der Waals surface area contributed by atoms with Crippen molar-refractivity contribution < 1.29 is 4.74 Å². The molecule has 0 fully saturated rings. The lowest BCUT2D eigenvalue weighted by Crippen LogP contribution is -2.03. The fraction of sp³-hybridized carbons (Fsp3) is 0.105. The molecule has 0 aliphatic carbocycles. The van der Waals surface area contributed by atoms with Crippen LogP contribution in [0.25, 0.3) is 16.7 Å². The molecule has 7 heteroatoms. The minimum absolute atomic E-state index is 0.569. The summed E-state index contributed by atoms with van der Waals surface area (Å²) in [6.07, 6.45) is 3.29. The Morgan fingerprint density at radius 1 is 1.08 bits per heavy atom. The lowest BCUT2D eigenvalue weighted by atomic mass is 10.2. The Kier molecular flexibility index (Phi) is 4.41. The van der Waals surface area contributed by atoms with E-state index in [2.05, 4.69) is 20.4 Å². The second kappa shape index (κ2) is 7.01. The van der Waals surface area contributed by atoms with E-state index < -0.39 is 0 Å². The molecule has 0 saturated heterocycles. The van der Waals surface area contributed by atoms with Crippen LogP contribution in [0.1, 0.15) is 5.56 Å². The van der Waals surface area contributed by atoms with Crippen LogP contribution in [0.3, 0.4) is 0 Å². The predicted octanol–water partition coefficient (Wildman–Crippen LogP) is 4.09. The highest BCUT2D eigenvalue weighted by molar-refractivity contribution is 6.31. The number of aromatic nitrogens is 4. The average Bonchev–Trinajstić information content (AvgIpc) is 3.12. The lowest BCUT2D eigenvalue weighted by Gasteiger charge is -2.08. The maximum Gasteiger partial charge on any atom is 0.168 e. The van der Waals surface area contributed by atoms with E-state index in [1.165, 1.54) is 6.33 Å². The number of ether oxygens (including phenoxy) is 1. The molecule has 4 aromatic rings. The minimum Gasteiger partial charge on any atom is -0.497 e. The van der Waals surface area contributed by atoms with E-state index in [4.69, 9.17) is 16.3 Å². The Morgan fingerprint density at radius 3 is 2.65 bits per heavy atom. The van der Waals surface area contributed by atoms with Gasteiger partial charge in [0.05, 0.1) is 24.4 Å². The zero-order valence-electron chi connectivity index (χ0n) is 14.1. The first-order valence-corrected chi connectivity index (χ1v) is 8.44. The Balaban J connectivity index is 1.65. The standard InChI is InChI=1S/C19H16ClN5O/c1-26-15-8-6-14(7-9-15)25-19-16(11-24-25)18(22-12-23-19)21-10-13-4-2-3-5-17(13)20/h2-9,11-12H,10H2,1H3,(H,21,22,23). The zero-order valence-corrected chi connectivity index (χ0v) is 14.8. The smallest absolute Gasteiger partial charge is 0.168 e. The number of fused-ring (bicyclic) bond motifs is 1. The van der Waals surface area contributed by atoms with E-state index in [1.54, 1.807) is 18.0 Å². The number of halogens is 1. The normalized spacial score (nSPS) is 10.8. The van der Waals surface area contributed by atoms with Crippen LogP contribution >= 0.6 is 11.6 Å². The molecule has 0 aliphatic heterocycles. The molecule has 1 N–H and O–H groups in total. The first kappa shape index (κ1) is 16.4. The monoisotopic (exact) mass is 365 g/mol. The Morgan fingerprint density at radius 2 is 1.88 bits per heavy atom. The third-order valence-corrected chi connectivity index (χ3v) is 4.46. The van der Waals surface area contributed by atoms with Gasteiger partial charge in [0.2, 0.25) is 0 Å². The van der Waals surface area contributed by atoms with E-state index in [9.17, 15) is 0 Å². The fourth-order valence-electron chi connectivity index (χ4n) is 2.72. The molecular weight excluding hydrogens is 350 g/mol. The van der Waals surface area contributed by atoms with Crippen molar-refractivity contribution in [3.05, 3.63) is 71.6 Å². The van der Waals surface area contributed by atoms with Crippen molar-refractivity contribution >= 4 is 28.5 Å². The Bertz CT molecular complexity index is 1050. The van der Waals surface area contributed by atoms with Crippen molar-refractivity contribution in [1.29, 1.82) is 0 Å². The molecule has 0 aliphatic rings. The van der Waals surface area contributed by atoms with Gasteiger partial charge in [-0.3, -0.25) is 0 Å². The zero-order chi connectivity index (χ0) is 17.9. The summed E-state index contributed by atoms with van der Waals surface area (Å²) in [5, 5.41) is 9.34. The third-order valence-electron chi connectivity index (χ3n) is 4.09. The fourth-order valence-corrected chi connectivity index (χ4v) is 2.92. The average molecular weight is 366 g/mol. The van der Waals surface area contributed by atoms with Crippen LogP contribution in [-0.4, -0.2) is 26.9 Å². The summed E-state index contributed by atoms with van der Waals surface area (Å²) >= 11 is 6.22. The molecule has 0 spiro atoms. The first-order chi connectivity index (χ1) is 12.8. The summed E-state index contributed by atoms with van der Waals surface area (Å²) in [6, 6.07) is 15.4. The van der Waals surface area contributed by atoms with Gasteiger partial charge in [-0.15, -0.1) is 0 Å². The number of hydrogen-bond donors (Lipinski definition) is 1. The molecule has 6 nitrogen and oxygen atoms in total. The molecule has 2 aromatic heterocycles. The van der Waals surface area contributed by atoms with E-state index in [1.807, 2.05) is 48.5 Å². The highest BCUT2D eigenvalue weighted by atomic mass is 35.5. The summed E-state index contributed by atoms with van der Waals surface area (Å²) in [5.41, 5.74) is 2.63. The van der Waals surface area contributed by atoms with E-state index in [0.29, 0.717) is 6.54 Å². The summed E-state index contributed by atoms with van der Waals surface area (Å²) in [6.45, 7) is 0.569. The Labute approximate surface area is 155 Å². The summed E-state index contributed by atoms with van der Waals surface area (Å²) in [5.74, 6) is 1.51. The maximum absolute atomic E-state index is 6.22. The molecule has 0 amide bonds. The van der Waals surface area contributed by atoms with Gasteiger partial charge in [-0.2, -0.15) is 5.10 Å². The highest BCUT2D eigenvalue weighted by Crippen LogP contribution is 2.24. The number of benzene rings is 2. The van der Waals surface area contributed by atoms with Crippen LogP contribution in [0.5, 0.6) is 5.75 Å². The van der Waals surface area contributed by atoms with Crippen LogP contribution in [0.2, 0.25) is 5.02 Å².